The lowest BCUT2D eigenvalue weighted by Crippen LogP contribution is -2.21. The second-order valence-corrected chi connectivity index (χ2v) is 3.79. The van der Waals surface area contributed by atoms with Crippen LogP contribution in [0.3, 0.4) is 0 Å². The summed E-state index contributed by atoms with van der Waals surface area (Å²) in [4.78, 5) is 35.8. The van der Waals surface area contributed by atoms with E-state index >= 15 is 0 Å². The van der Waals surface area contributed by atoms with Crippen molar-refractivity contribution in [1.29, 1.82) is 0 Å². The molecule has 2 aromatic rings. The number of hydrogen-bond donors (Lipinski definition) is 2. The van der Waals surface area contributed by atoms with Crippen molar-refractivity contribution in [3.63, 3.8) is 0 Å². The number of nitrogens with one attached hydrogen (secondary N) is 2. The van der Waals surface area contributed by atoms with Crippen LogP contribution in [0.4, 0.5) is 15.8 Å². The Morgan fingerprint density at radius 2 is 2.10 bits per heavy atom. The van der Waals surface area contributed by atoms with Crippen LogP contribution in [0.2, 0.25) is 0 Å². The van der Waals surface area contributed by atoms with Crippen molar-refractivity contribution in [2.24, 2.45) is 0 Å². The molecule has 2 N–H and O–H groups in total. The van der Waals surface area contributed by atoms with Crippen molar-refractivity contribution in [2.45, 2.75) is 0 Å². The van der Waals surface area contributed by atoms with Gasteiger partial charge in [-0.3, -0.25) is 19.7 Å². The first-order valence-corrected chi connectivity index (χ1v) is 5.41. The van der Waals surface area contributed by atoms with Gasteiger partial charge in [0.1, 0.15) is 17.1 Å². The fourth-order valence-corrected chi connectivity index (χ4v) is 1.54. The molecule has 0 fully saturated rings. The Balaban J connectivity index is 2.36. The highest BCUT2D eigenvalue weighted by atomic mass is 19.1. The lowest BCUT2D eigenvalue weighted by molar-refractivity contribution is -0.384. The summed E-state index contributed by atoms with van der Waals surface area (Å²) >= 11 is 0. The number of carbonyl (C=O) groups is 1. The molecule has 0 aliphatic carbocycles. The van der Waals surface area contributed by atoms with E-state index in [4.69, 9.17) is 0 Å². The van der Waals surface area contributed by atoms with Crippen LogP contribution in [0.1, 0.15) is 10.4 Å². The average Bonchev–Trinajstić information content (AvgIpc) is 2.41. The predicted octanol–water partition coefficient (Wildman–Crippen LogP) is 1.67. The molecule has 20 heavy (non-hydrogen) atoms. The summed E-state index contributed by atoms with van der Waals surface area (Å²) < 4.78 is 13.0. The quantitative estimate of drug-likeness (QED) is 0.657. The third kappa shape index (κ3) is 2.69. The molecule has 0 aliphatic heterocycles. The van der Waals surface area contributed by atoms with Crippen molar-refractivity contribution in [3.05, 3.63) is 68.4 Å². The number of nitro benzene ring substituents is 1. The fraction of sp³-hybridized carbons (Fsp3) is 0. The van der Waals surface area contributed by atoms with Gasteiger partial charge >= 0.3 is 0 Å². The number of anilines is 1. The van der Waals surface area contributed by atoms with Gasteiger partial charge in [-0.25, -0.2) is 4.39 Å². The molecule has 2 rings (SSSR count). The number of aromatic nitrogens is 1. The molecule has 0 bridgehead atoms. The van der Waals surface area contributed by atoms with Crippen molar-refractivity contribution in [1.82, 2.24) is 4.98 Å². The minimum absolute atomic E-state index is 0.190. The number of carbonyl (C=O) groups excluding carboxylic acids is 1. The second kappa shape index (κ2) is 5.31. The van der Waals surface area contributed by atoms with Gasteiger partial charge in [0, 0.05) is 18.5 Å². The Morgan fingerprint density at radius 3 is 2.75 bits per heavy atom. The lowest BCUT2D eigenvalue weighted by Gasteiger charge is -2.05. The van der Waals surface area contributed by atoms with E-state index in [1.165, 1.54) is 12.4 Å². The molecule has 0 atom stereocenters. The first-order valence-electron chi connectivity index (χ1n) is 5.41. The van der Waals surface area contributed by atoms with Gasteiger partial charge in [-0.15, -0.1) is 0 Å². The van der Waals surface area contributed by atoms with Gasteiger partial charge < -0.3 is 10.3 Å². The molecule has 8 heteroatoms. The highest BCUT2D eigenvalue weighted by molar-refractivity contribution is 6.05. The van der Waals surface area contributed by atoms with Crippen molar-refractivity contribution < 1.29 is 14.1 Å². The normalized spacial score (nSPS) is 10.1. The predicted molar refractivity (Wildman–Crippen MR) is 68.1 cm³/mol. The third-order valence-corrected chi connectivity index (χ3v) is 2.47. The van der Waals surface area contributed by atoms with Crippen LogP contribution in [0.15, 0.2) is 41.5 Å². The van der Waals surface area contributed by atoms with E-state index < -0.39 is 27.8 Å². The van der Waals surface area contributed by atoms with Crippen LogP contribution in [0.25, 0.3) is 0 Å². The zero-order valence-electron chi connectivity index (χ0n) is 9.92. The topological polar surface area (TPSA) is 105 Å². The van der Waals surface area contributed by atoms with E-state index in [1.54, 1.807) is 0 Å². The average molecular weight is 277 g/mol. The molecule has 0 saturated heterocycles. The maximum absolute atomic E-state index is 13.0. The molecule has 7 nitrogen and oxygen atoms in total. The standard InChI is InChI=1S/C12H8FN3O4/c13-7-1-2-9(10(5-7)16(19)20)15-12(18)8-6-14-4-3-11(8)17/h1-6H,(H,14,17)(H,15,18). The molecule has 1 heterocycles. The highest BCUT2D eigenvalue weighted by Gasteiger charge is 2.18. The molecule has 0 spiro atoms. The first kappa shape index (κ1) is 13.4. The summed E-state index contributed by atoms with van der Waals surface area (Å²) in [7, 11) is 0. The van der Waals surface area contributed by atoms with E-state index in [2.05, 4.69) is 10.3 Å². The molecular weight excluding hydrogens is 269 g/mol. The van der Waals surface area contributed by atoms with Gasteiger partial charge in [-0.2, -0.15) is 0 Å². The Kier molecular flexibility index (Phi) is 3.56. The van der Waals surface area contributed by atoms with Gasteiger partial charge in [0.15, 0.2) is 5.43 Å². The highest BCUT2D eigenvalue weighted by Crippen LogP contribution is 2.25. The van der Waals surface area contributed by atoms with Gasteiger partial charge in [-0.05, 0) is 12.1 Å². The van der Waals surface area contributed by atoms with Crippen molar-refractivity contribution in [3.8, 4) is 0 Å². The number of rotatable bonds is 3. The lowest BCUT2D eigenvalue weighted by atomic mass is 10.2. The number of nitro groups is 1. The number of benzene rings is 1. The maximum atomic E-state index is 13.0. The molecule has 0 aliphatic rings. The summed E-state index contributed by atoms with van der Waals surface area (Å²) in [5, 5.41) is 13.0. The van der Waals surface area contributed by atoms with Gasteiger partial charge in [0.2, 0.25) is 0 Å². The fourth-order valence-electron chi connectivity index (χ4n) is 1.54. The number of amides is 1. The van der Waals surface area contributed by atoms with Crippen LogP contribution < -0.4 is 10.7 Å². The van der Waals surface area contributed by atoms with Gasteiger partial charge in [0.25, 0.3) is 11.6 Å². The van der Waals surface area contributed by atoms with Crippen molar-refractivity contribution in [2.75, 3.05) is 5.32 Å². The van der Waals surface area contributed by atoms with Crippen LogP contribution in [-0.2, 0) is 0 Å². The number of aromatic amines is 1. The number of hydrogen-bond acceptors (Lipinski definition) is 4. The Bertz CT molecular complexity index is 741. The van der Waals surface area contributed by atoms with Gasteiger partial charge in [-0.1, -0.05) is 0 Å². The molecule has 102 valence electrons. The number of halogens is 1. The molecule has 0 radical (unpaired) electrons. The number of H-pyrrole nitrogens is 1. The van der Waals surface area contributed by atoms with Crippen LogP contribution >= 0.6 is 0 Å². The Hall–Kier alpha value is -3.03. The van der Waals surface area contributed by atoms with Crippen LogP contribution in [0.5, 0.6) is 0 Å². The van der Waals surface area contributed by atoms with E-state index in [0.29, 0.717) is 6.07 Å². The van der Waals surface area contributed by atoms with E-state index in [9.17, 15) is 24.1 Å². The monoisotopic (exact) mass is 277 g/mol. The Labute approximate surface area is 111 Å². The minimum Gasteiger partial charge on any atom is -0.367 e. The minimum atomic E-state index is -0.825. The zero-order chi connectivity index (χ0) is 14.7. The molecule has 1 aromatic carbocycles. The van der Waals surface area contributed by atoms with E-state index in [-0.39, 0.29) is 11.3 Å². The summed E-state index contributed by atoms with van der Waals surface area (Å²) in [6, 6.07) is 3.86. The van der Waals surface area contributed by atoms with Gasteiger partial charge in [0.05, 0.1) is 11.0 Å². The SMILES string of the molecule is O=C(Nc1ccc(F)cc1[N+](=O)[O-])c1c[nH]ccc1=O. The smallest absolute Gasteiger partial charge is 0.295 e. The number of pyridine rings is 1. The van der Waals surface area contributed by atoms with Crippen LogP contribution in [-0.4, -0.2) is 15.8 Å². The summed E-state index contributed by atoms with van der Waals surface area (Å²) in [5.74, 6) is -1.62. The summed E-state index contributed by atoms with van der Waals surface area (Å²) in [6.45, 7) is 0. The Morgan fingerprint density at radius 1 is 1.35 bits per heavy atom. The molecule has 1 amide bonds. The maximum Gasteiger partial charge on any atom is 0.295 e. The van der Waals surface area contributed by atoms with E-state index in [0.717, 1.165) is 18.2 Å². The third-order valence-electron chi connectivity index (χ3n) is 2.47. The largest absolute Gasteiger partial charge is 0.367 e. The first-order chi connectivity index (χ1) is 9.49. The molecular formula is C12H8FN3O4. The van der Waals surface area contributed by atoms with Crippen molar-refractivity contribution >= 4 is 17.3 Å². The zero-order valence-corrected chi connectivity index (χ0v) is 9.92. The summed E-state index contributed by atoms with van der Waals surface area (Å²) in [5.41, 5.74) is -1.52. The second-order valence-electron chi connectivity index (χ2n) is 3.79. The molecule has 1 aromatic heterocycles. The molecule has 0 unspecified atom stereocenters. The van der Waals surface area contributed by atoms with Crippen LogP contribution in [0, 0.1) is 15.9 Å². The number of nitrogens with zero attached hydrogens (tertiary/aromatic N) is 1. The van der Waals surface area contributed by atoms with E-state index in [1.807, 2.05) is 0 Å². The summed E-state index contributed by atoms with van der Waals surface area (Å²) in [6.07, 6.45) is 2.52. The molecule has 0 saturated carbocycles.